The van der Waals surface area contributed by atoms with Crippen LogP contribution in [0.2, 0.25) is 0 Å². The average molecular weight is 439 g/mol. The molecule has 0 bridgehead atoms. The van der Waals surface area contributed by atoms with E-state index in [2.05, 4.69) is 10.1 Å². The van der Waals surface area contributed by atoms with Gasteiger partial charge in [-0.3, -0.25) is 9.69 Å². The van der Waals surface area contributed by atoms with Gasteiger partial charge >= 0.3 is 0 Å². The molecule has 3 aromatic heterocycles. The van der Waals surface area contributed by atoms with Crippen molar-refractivity contribution in [1.82, 2.24) is 19.7 Å². The lowest BCUT2D eigenvalue weighted by atomic mass is 10.1. The molecule has 0 N–H and O–H groups in total. The molecular formula is C22H25N5O5. The van der Waals surface area contributed by atoms with Gasteiger partial charge in [0.25, 0.3) is 11.8 Å². The number of hydrogen-bond donors (Lipinski definition) is 0. The Kier molecular flexibility index (Phi) is 6.33. The number of nitrogens with zero attached hydrogens (tertiary/aromatic N) is 5. The Morgan fingerprint density at radius 3 is 2.69 bits per heavy atom. The van der Waals surface area contributed by atoms with Gasteiger partial charge < -0.3 is 18.9 Å². The number of ether oxygens (including phenoxy) is 4. The van der Waals surface area contributed by atoms with E-state index < -0.39 is 0 Å². The fourth-order valence-corrected chi connectivity index (χ4v) is 3.62. The maximum Gasteiger partial charge on any atom is 0.260 e. The van der Waals surface area contributed by atoms with Crippen molar-refractivity contribution in [1.29, 1.82) is 0 Å². The van der Waals surface area contributed by atoms with E-state index >= 15 is 0 Å². The quantitative estimate of drug-likeness (QED) is 0.469. The van der Waals surface area contributed by atoms with E-state index in [9.17, 15) is 4.79 Å². The Labute approximate surface area is 185 Å². The molecule has 0 aromatic carbocycles. The Hall–Kier alpha value is -3.50. The first-order valence-corrected chi connectivity index (χ1v) is 10.1. The van der Waals surface area contributed by atoms with Crippen LogP contribution in [0.4, 0.5) is 5.69 Å². The fourth-order valence-electron chi connectivity index (χ4n) is 3.62. The summed E-state index contributed by atoms with van der Waals surface area (Å²) >= 11 is 0. The van der Waals surface area contributed by atoms with Crippen LogP contribution < -0.4 is 14.4 Å². The predicted molar refractivity (Wildman–Crippen MR) is 116 cm³/mol. The maximum absolute atomic E-state index is 13.1. The van der Waals surface area contributed by atoms with E-state index in [0.29, 0.717) is 47.5 Å². The van der Waals surface area contributed by atoms with Crippen molar-refractivity contribution in [2.75, 3.05) is 39.4 Å². The van der Waals surface area contributed by atoms with E-state index in [1.807, 2.05) is 19.1 Å². The molecule has 10 nitrogen and oxygen atoms in total. The Morgan fingerprint density at radius 1 is 1.09 bits per heavy atom. The molecule has 0 saturated carbocycles. The van der Waals surface area contributed by atoms with Crippen LogP contribution in [0.15, 0.2) is 36.8 Å². The number of pyridine rings is 2. The minimum atomic E-state index is -0.252. The van der Waals surface area contributed by atoms with E-state index in [1.54, 1.807) is 48.5 Å². The van der Waals surface area contributed by atoms with Gasteiger partial charge in [-0.25, -0.2) is 14.6 Å². The molecular weight excluding hydrogens is 414 g/mol. The van der Waals surface area contributed by atoms with Crippen molar-refractivity contribution < 1.29 is 23.7 Å². The van der Waals surface area contributed by atoms with Gasteiger partial charge in [0.15, 0.2) is 5.75 Å². The summed E-state index contributed by atoms with van der Waals surface area (Å²) in [4.78, 5) is 23.8. The van der Waals surface area contributed by atoms with Gasteiger partial charge in [0.1, 0.15) is 6.73 Å². The van der Waals surface area contributed by atoms with Gasteiger partial charge in [-0.15, -0.1) is 0 Å². The van der Waals surface area contributed by atoms with Crippen molar-refractivity contribution in [2.24, 2.45) is 0 Å². The molecule has 1 aliphatic rings. The number of aromatic nitrogens is 4. The first-order valence-electron chi connectivity index (χ1n) is 10.1. The molecule has 0 unspecified atom stereocenters. The molecule has 0 radical (unpaired) electrons. The third-order valence-electron chi connectivity index (χ3n) is 5.24. The summed E-state index contributed by atoms with van der Waals surface area (Å²) < 4.78 is 22.6. The summed E-state index contributed by atoms with van der Waals surface area (Å²) in [6.07, 6.45) is 5.11. The molecule has 1 aliphatic heterocycles. The zero-order valence-electron chi connectivity index (χ0n) is 18.4. The van der Waals surface area contributed by atoms with Crippen LogP contribution in [0.25, 0.3) is 11.3 Å². The lowest BCUT2D eigenvalue weighted by molar-refractivity contribution is 0.0289. The van der Waals surface area contributed by atoms with Gasteiger partial charge in [-0.05, 0) is 25.1 Å². The molecule has 0 spiro atoms. The van der Waals surface area contributed by atoms with Crippen molar-refractivity contribution in [3.8, 4) is 22.9 Å². The van der Waals surface area contributed by atoms with Crippen LogP contribution >= 0.6 is 0 Å². The lowest BCUT2D eigenvalue weighted by Crippen LogP contribution is -2.25. The number of hydrogen-bond acceptors (Lipinski definition) is 8. The monoisotopic (exact) mass is 439 g/mol. The van der Waals surface area contributed by atoms with Crippen molar-refractivity contribution in [3.05, 3.63) is 48.0 Å². The summed E-state index contributed by atoms with van der Waals surface area (Å²) in [5.41, 5.74) is 3.42. The SMILES string of the molecule is COCCOCn1cc(N2C(=O)c3ccc(-c4cnc(OC)c(OC)c4)nc3[C@H]2C)cn1. The van der Waals surface area contributed by atoms with Crippen LogP contribution in [0.1, 0.15) is 29.0 Å². The minimum absolute atomic E-state index is 0.114. The molecule has 1 atom stereocenters. The Morgan fingerprint density at radius 2 is 1.94 bits per heavy atom. The number of fused-ring (bicyclic) bond motifs is 1. The molecule has 4 rings (SSSR count). The normalized spacial score (nSPS) is 15.2. The molecule has 168 valence electrons. The zero-order chi connectivity index (χ0) is 22.7. The molecule has 1 amide bonds. The van der Waals surface area contributed by atoms with E-state index in [1.165, 1.54) is 7.11 Å². The third kappa shape index (κ3) is 4.02. The van der Waals surface area contributed by atoms with Crippen molar-refractivity contribution >= 4 is 11.6 Å². The Bertz CT molecular complexity index is 1120. The highest BCUT2D eigenvalue weighted by Crippen LogP contribution is 2.37. The second kappa shape index (κ2) is 9.33. The number of anilines is 1. The topological polar surface area (TPSA) is 101 Å². The van der Waals surface area contributed by atoms with Gasteiger partial charge in [-0.1, -0.05) is 0 Å². The number of carbonyl (C=O) groups is 1. The molecule has 0 fully saturated rings. The van der Waals surface area contributed by atoms with Gasteiger partial charge in [0, 0.05) is 18.9 Å². The van der Waals surface area contributed by atoms with Crippen molar-refractivity contribution in [2.45, 2.75) is 19.7 Å². The fraction of sp³-hybridized carbons (Fsp3) is 0.364. The molecule has 0 aliphatic carbocycles. The lowest BCUT2D eigenvalue weighted by Gasteiger charge is -2.19. The van der Waals surface area contributed by atoms with E-state index in [4.69, 9.17) is 23.9 Å². The summed E-state index contributed by atoms with van der Waals surface area (Å²) in [6, 6.07) is 5.17. The second-order valence-corrected chi connectivity index (χ2v) is 7.18. The summed E-state index contributed by atoms with van der Waals surface area (Å²) in [5, 5.41) is 4.29. The second-order valence-electron chi connectivity index (χ2n) is 7.18. The van der Waals surface area contributed by atoms with Crippen LogP contribution in [0, 0.1) is 0 Å². The van der Waals surface area contributed by atoms with Gasteiger partial charge in [-0.2, -0.15) is 5.10 Å². The van der Waals surface area contributed by atoms with Crippen LogP contribution in [-0.4, -0.2) is 60.2 Å². The summed E-state index contributed by atoms with van der Waals surface area (Å²) in [5.74, 6) is 0.797. The number of carbonyl (C=O) groups excluding carboxylic acids is 1. The van der Waals surface area contributed by atoms with Crippen molar-refractivity contribution in [3.63, 3.8) is 0 Å². The highest BCUT2D eigenvalue weighted by Gasteiger charge is 2.37. The molecule has 3 aromatic rings. The number of amides is 1. The molecule has 10 heteroatoms. The largest absolute Gasteiger partial charge is 0.491 e. The highest BCUT2D eigenvalue weighted by atomic mass is 16.5. The van der Waals surface area contributed by atoms with Crippen LogP contribution in [-0.2, 0) is 16.2 Å². The molecule has 0 saturated heterocycles. The summed E-state index contributed by atoms with van der Waals surface area (Å²) in [7, 11) is 4.71. The predicted octanol–water partition coefficient (Wildman–Crippen LogP) is 2.70. The zero-order valence-corrected chi connectivity index (χ0v) is 18.4. The summed E-state index contributed by atoms with van der Waals surface area (Å²) in [6.45, 7) is 3.20. The van der Waals surface area contributed by atoms with E-state index in [0.717, 1.165) is 5.56 Å². The standard InChI is InChI=1S/C22H25N5O5/c1-14-20-17(5-6-18(25-20)15-9-19(30-3)21(31-4)23-10-15)22(28)27(14)16-11-24-26(12-16)13-32-8-7-29-2/h5-6,9-12,14H,7-8,13H2,1-4H3/t14-/m1/s1. The maximum atomic E-state index is 13.1. The van der Waals surface area contributed by atoms with E-state index in [-0.39, 0.29) is 18.7 Å². The highest BCUT2D eigenvalue weighted by molar-refractivity contribution is 6.10. The smallest absolute Gasteiger partial charge is 0.260 e. The average Bonchev–Trinajstić information content (AvgIpc) is 3.38. The van der Waals surface area contributed by atoms with Gasteiger partial charge in [0.2, 0.25) is 0 Å². The minimum Gasteiger partial charge on any atom is -0.491 e. The number of methoxy groups -OCH3 is 3. The number of rotatable bonds is 9. The molecule has 32 heavy (non-hydrogen) atoms. The first-order chi connectivity index (χ1) is 15.6. The molecule has 4 heterocycles. The van der Waals surface area contributed by atoms with Gasteiger partial charge in [0.05, 0.1) is 68.5 Å². The van der Waals surface area contributed by atoms with Crippen LogP contribution in [0.5, 0.6) is 11.6 Å². The Balaban J connectivity index is 1.57. The van der Waals surface area contributed by atoms with Crippen LogP contribution in [0.3, 0.4) is 0 Å². The first kappa shape index (κ1) is 21.7. The third-order valence-corrected chi connectivity index (χ3v) is 5.24.